The number of nitrogens with one attached hydrogen (secondary N) is 1. The van der Waals surface area contributed by atoms with Gasteiger partial charge in [0, 0.05) is 38.4 Å². The summed E-state index contributed by atoms with van der Waals surface area (Å²) in [5, 5.41) is 9.10. The summed E-state index contributed by atoms with van der Waals surface area (Å²) in [7, 11) is 1.94. The van der Waals surface area contributed by atoms with Crippen molar-refractivity contribution in [1.82, 2.24) is 20.1 Å². The average molecular weight is 274 g/mol. The molecular weight excluding hydrogens is 252 g/mol. The molecule has 3 rings (SSSR count). The molecule has 0 bridgehead atoms. The van der Waals surface area contributed by atoms with Crippen molar-refractivity contribution >= 4 is 11.0 Å². The molecule has 1 N–H and O–H groups in total. The van der Waals surface area contributed by atoms with Crippen LogP contribution in [0.1, 0.15) is 24.1 Å². The minimum absolute atomic E-state index is 0.751. The van der Waals surface area contributed by atoms with Gasteiger partial charge in [0.2, 0.25) is 0 Å². The normalized spacial score (nSPS) is 16.9. The molecule has 108 valence electrons. The van der Waals surface area contributed by atoms with Crippen LogP contribution in [0.15, 0.2) is 12.3 Å². The van der Waals surface area contributed by atoms with Crippen LogP contribution >= 0.6 is 0 Å². The van der Waals surface area contributed by atoms with Crippen LogP contribution in [-0.4, -0.2) is 34.5 Å². The number of aryl methyl sites for hydroxylation is 2. The Kier molecular flexibility index (Phi) is 3.98. The number of hydrogen-bond donors (Lipinski definition) is 1. The lowest BCUT2D eigenvalue weighted by molar-refractivity contribution is 0.0662. The van der Waals surface area contributed by atoms with E-state index in [0.29, 0.717) is 0 Å². The molecule has 5 heteroatoms. The number of hydrogen-bond acceptors (Lipinski definition) is 4. The summed E-state index contributed by atoms with van der Waals surface area (Å²) in [6.45, 7) is 5.79. The number of fused-ring (bicyclic) bond motifs is 1. The Morgan fingerprint density at radius 3 is 3.00 bits per heavy atom. The predicted octanol–water partition coefficient (Wildman–Crippen LogP) is 1.79. The number of nitrogens with zero attached hydrogens (tertiary/aromatic N) is 3. The highest BCUT2D eigenvalue weighted by Gasteiger charge is 2.13. The summed E-state index contributed by atoms with van der Waals surface area (Å²) in [6, 6.07) is 2.20. The van der Waals surface area contributed by atoms with Gasteiger partial charge in [-0.25, -0.2) is 4.98 Å². The van der Waals surface area contributed by atoms with E-state index >= 15 is 0 Å². The van der Waals surface area contributed by atoms with Crippen molar-refractivity contribution in [2.24, 2.45) is 13.0 Å². The van der Waals surface area contributed by atoms with Crippen molar-refractivity contribution in [2.45, 2.75) is 26.3 Å². The number of aromatic nitrogens is 3. The van der Waals surface area contributed by atoms with Crippen molar-refractivity contribution in [1.29, 1.82) is 0 Å². The van der Waals surface area contributed by atoms with E-state index in [9.17, 15) is 0 Å². The fraction of sp³-hybridized carbons (Fsp3) is 0.600. The highest BCUT2D eigenvalue weighted by atomic mass is 16.5. The summed E-state index contributed by atoms with van der Waals surface area (Å²) < 4.78 is 7.22. The lowest BCUT2D eigenvalue weighted by atomic mass is 10.0. The zero-order valence-corrected chi connectivity index (χ0v) is 12.2. The van der Waals surface area contributed by atoms with Gasteiger partial charge in [-0.05, 0) is 43.9 Å². The van der Waals surface area contributed by atoms with E-state index < -0.39 is 0 Å². The van der Waals surface area contributed by atoms with Gasteiger partial charge in [-0.3, -0.25) is 4.68 Å². The van der Waals surface area contributed by atoms with E-state index in [4.69, 9.17) is 4.74 Å². The van der Waals surface area contributed by atoms with E-state index in [1.165, 1.54) is 18.4 Å². The molecule has 5 nitrogen and oxygen atoms in total. The van der Waals surface area contributed by atoms with E-state index in [-0.39, 0.29) is 0 Å². The fourth-order valence-corrected chi connectivity index (χ4v) is 2.82. The molecule has 1 fully saturated rings. The van der Waals surface area contributed by atoms with Gasteiger partial charge in [-0.2, -0.15) is 5.10 Å². The van der Waals surface area contributed by atoms with Gasteiger partial charge in [0.05, 0.1) is 5.69 Å². The molecule has 2 aromatic heterocycles. The van der Waals surface area contributed by atoms with Crippen LogP contribution in [0.25, 0.3) is 11.0 Å². The van der Waals surface area contributed by atoms with Crippen LogP contribution in [0.5, 0.6) is 0 Å². The van der Waals surface area contributed by atoms with E-state index in [1.54, 1.807) is 0 Å². The largest absolute Gasteiger partial charge is 0.381 e. The van der Waals surface area contributed by atoms with E-state index in [1.807, 2.05) is 24.9 Å². The van der Waals surface area contributed by atoms with Gasteiger partial charge in [0.1, 0.15) is 0 Å². The maximum absolute atomic E-state index is 5.38. The zero-order valence-electron chi connectivity index (χ0n) is 12.2. The minimum Gasteiger partial charge on any atom is -0.381 e. The lowest BCUT2D eigenvalue weighted by Crippen LogP contribution is -2.27. The molecular formula is C15H22N4O. The Morgan fingerprint density at radius 2 is 2.20 bits per heavy atom. The summed E-state index contributed by atoms with van der Waals surface area (Å²) >= 11 is 0. The Balaban J connectivity index is 1.61. The first-order valence-corrected chi connectivity index (χ1v) is 7.31. The first-order valence-electron chi connectivity index (χ1n) is 7.31. The quantitative estimate of drug-likeness (QED) is 0.923. The third-order valence-corrected chi connectivity index (χ3v) is 4.02. The van der Waals surface area contributed by atoms with Crippen LogP contribution in [0.3, 0.4) is 0 Å². The predicted molar refractivity (Wildman–Crippen MR) is 78.5 cm³/mol. The topological polar surface area (TPSA) is 52.0 Å². The molecule has 1 saturated heterocycles. The van der Waals surface area contributed by atoms with Gasteiger partial charge >= 0.3 is 0 Å². The molecule has 1 aliphatic heterocycles. The number of pyridine rings is 1. The van der Waals surface area contributed by atoms with Crippen molar-refractivity contribution in [3.05, 3.63) is 23.5 Å². The highest BCUT2D eigenvalue weighted by molar-refractivity contribution is 5.78. The van der Waals surface area contributed by atoms with Crippen molar-refractivity contribution in [3.63, 3.8) is 0 Å². The van der Waals surface area contributed by atoms with Crippen molar-refractivity contribution in [2.75, 3.05) is 19.8 Å². The summed E-state index contributed by atoms with van der Waals surface area (Å²) in [5.41, 5.74) is 3.22. The summed E-state index contributed by atoms with van der Waals surface area (Å²) in [4.78, 5) is 4.51. The van der Waals surface area contributed by atoms with E-state index in [0.717, 1.165) is 48.9 Å². The molecule has 0 amide bonds. The van der Waals surface area contributed by atoms with Crippen LogP contribution in [0, 0.1) is 12.8 Å². The third kappa shape index (κ3) is 2.83. The third-order valence-electron chi connectivity index (χ3n) is 4.02. The Hall–Kier alpha value is -1.46. The Labute approximate surface area is 119 Å². The minimum atomic E-state index is 0.751. The molecule has 20 heavy (non-hydrogen) atoms. The molecule has 3 heterocycles. The second-order valence-electron chi connectivity index (χ2n) is 5.61. The maximum Gasteiger partial charge on any atom is 0.157 e. The average Bonchev–Trinajstić information content (AvgIpc) is 2.75. The zero-order chi connectivity index (χ0) is 13.9. The number of ether oxygens (including phenoxy) is 1. The van der Waals surface area contributed by atoms with Crippen LogP contribution in [0.2, 0.25) is 0 Å². The van der Waals surface area contributed by atoms with Gasteiger partial charge in [0.25, 0.3) is 0 Å². The van der Waals surface area contributed by atoms with Gasteiger partial charge in [0.15, 0.2) is 5.65 Å². The Bertz CT molecular complexity index is 587. The molecule has 2 aromatic rings. The second kappa shape index (κ2) is 5.89. The SMILES string of the molecule is Cc1nn(C)c2ncc(CNCC3CCOCC3)cc12. The molecule has 0 aliphatic carbocycles. The molecule has 1 aliphatic rings. The van der Waals surface area contributed by atoms with Crippen molar-refractivity contribution in [3.8, 4) is 0 Å². The molecule has 0 unspecified atom stereocenters. The van der Waals surface area contributed by atoms with E-state index in [2.05, 4.69) is 21.5 Å². The first-order chi connectivity index (χ1) is 9.74. The van der Waals surface area contributed by atoms with Crippen molar-refractivity contribution < 1.29 is 4.74 Å². The maximum atomic E-state index is 5.38. The highest BCUT2D eigenvalue weighted by Crippen LogP contribution is 2.17. The molecule has 0 saturated carbocycles. The summed E-state index contributed by atoms with van der Waals surface area (Å²) in [5.74, 6) is 0.751. The first kappa shape index (κ1) is 13.5. The number of rotatable bonds is 4. The standard InChI is InChI=1S/C15H22N4O/c1-11-14-7-13(10-17-15(14)19(2)18-11)9-16-8-12-3-5-20-6-4-12/h7,10,12,16H,3-6,8-9H2,1-2H3. The van der Waals surface area contributed by atoms with Gasteiger partial charge in [-0.15, -0.1) is 0 Å². The molecule has 0 atom stereocenters. The van der Waals surface area contributed by atoms with Crippen LogP contribution in [0.4, 0.5) is 0 Å². The summed E-state index contributed by atoms with van der Waals surface area (Å²) in [6.07, 6.45) is 4.29. The molecule has 0 aromatic carbocycles. The monoisotopic (exact) mass is 274 g/mol. The van der Waals surface area contributed by atoms with Gasteiger partial charge in [-0.1, -0.05) is 0 Å². The van der Waals surface area contributed by atoms with Crippen LogP contribution < -0.4 is 5.32 Å². The Morgan fingerprint density at radius 1 is 1.40 bits per heavy atom. The second-order valence-corrected chi connectivity index (χ2v) is 5.61. The smallest absolute Gasteiger partial charge is 0.157 e. The molecule has 0 radical (unpaired) electrons. The molecule has 0 spiro atoms. The lowest BCUT2D eigenvalue weighted by Gasteiger charge is -2.22. The van der Waals surface area contributed by atoms with Crippen LogP contribution in [-0.2, 0) is 18.3 Å². The van der Waals surface area contributed by atoms with Gasteiger partial charge < -0.3 is 10.1 Å². The fourth-order valence-electron chi connectivity index (χ4n) is 2.82.